The van der Waals surface area contributed by atoms with Gasteiger partial charge in [-0.1, -0.05) is 69.8 Å². The van der Waals surface area contributed by atoms with E-state index >= 15 is 24.0 Å². The van der Waals surface area contributed by atoms with Crippen molar-refractivity contribution in [1.29, 1.82) is 0 Å². The largest absolute Gasteiger partial charge is 0.508 e. The Kier molecular flexibility index (Phi) is 23.3. The van der Waals surface area contributed by atoms with Crippen LogP contribution in [0.15, 0.2) is 78.9 Å². The van der Waals surface area contributed by atoms with E-state index in [4.69, 9.17) is 30.5 Å². The molecule has 0 radical (unpaired) electrons. The summed E-state index contributed by atoms with van der Waals surface area (Å²) in [5.74, 6) is -12.9. The molecule has 18 N–H and O–H groups in total. The zero-order chi connectivity index (χ0) is 73.9. The predicted molar refractivity (Wildman–Crippen MR) is 361 cm³/mol. The third kappa shape index (κ3) is 16.3. The summed E-state index contributed by atoms with van der Waals surface area (Å²) in [5.41, 5.74) is -1.37. The van der Waals surface area contributed by atoms with Gasteiger partial charge >= 0.3 is 6.03 Å². The highest BCUT2D eigenvalue weighted by molar-refractivity contribution is 6.32. The van der Waals surface area contributed by atoms with Crippen LogP contribution in [0.1, 0.15) is 149 Å². The first-order chi connectivity index (χ1) is 48.4. The van der Waals surface area contributed by atoms with E-state index in [1.807, 2.05) is 20.8 Å². The lowest BCUT2D eigenvalue weighted by atomic mass is 9.87. The average molecular weight is 1440 g/mol. The number of amides is 10. The van der Waals surface area contributed by atoms with Crippen LogP contribution >= 0.6 is 11.6 Å². The van der Waals surface area contributed by atoms with Gasteiger partial charge in [-0.2, -0.15) is 0 Å². The number of benzene rings is 5. The normalized spacial score (nSPS) is 25.7. The Balaban J connectivity index is 1.23. The number of rotatable bonds is 14. The van der Waals surface area contributed by atoms with Gasteiger partial charge in [0.15, 0.2) is 11.5 Å². The van der Waals surface area contributed by atoms with Crippen molar-refractivity contribution < 1.29 is 103 Å². The second-order valence-electron chi connectivity index (χ2n) is 26.5. The molecule has 32 heteroatoms. The number of unbranched alkanes of at least 4 members (excludes halogenated alkanes) is 3. The molecule has 1 saturated heterocycles. The maximum Gasteiger partial charge on any atom is 0.321 e. The Morgan fingerprint density at radius 2 is 1.29 bits per heavy atom. The molecule has 31 nitrogen and oxygen atoms in total. The van der Waals surface area contributed by atoms with Crippen molar-refractivity contribution in [2.24, 2.45) is 5.92 Å². The number of phenols is 2. The van der Waals surface area contributed by atoms with Crippen LogP contribution in [-0.4, -0.2) is 169 Å². The van der Waals surface area contributed by atoms with Gasteiger partial charge in [-0.25, -0.2) is 4.79 Å². The number of carbonyl (C=O) groups excluding carboxylic acids is 9. The zero-order valence-electron chi connectivity index (χ0n) is 56.5. The van der Waals surface area contributed by atoms with Gasteiger partial charge in [0.1, 0.15) is 102 Å². The molecular weight excluding hydrogens is 1350 g/mol. The van der Waals surface area contributed by atoms with Gasteiger partial charge in [0.05, 0.1) is 17.5 Å². The summed E-state index contributed by atoms with van der Waals surface area (Å²) >= 11 is 7.06. The first kappa shape index (κ1) is 75.0. The van der Waals surface area contributed by atoms with Crippen molar-refractivity contribution in [3.63, 3.8) is 0 Å². The van der Waals surface area contributed by atoms with Crippen molar-refractivity contribution in [3.8, 4) is 51.4 Å². The standard InChI is InChI=1S/C70H83ClN10O21/c1-8-9-10-11-18-73-70(98)76-47(84)27-41-63(92)77-50-34-24-45-60(101-69-59(90)57(88)58(89)61(102-69)56(87)37-22-32(13-16-43(37)99-45)54(85)52(67(96)75-41)80-62(91)40(72-7)19-28(2)3)46(25-34)100-44-17-14-33(23-39(44)71)55(86)53-68(97)79-51(66(95)74-29(4)5)38-26-35(82)20-30(6)48(38)36-21-31(12-15-42(36)83)49(64(93)81-53)78-65(50)94/h12-17,20-26,28-29,40-41,49-59,61,69,72,82-83,85-90H,8-11,18-19,27H2,1-7H3,(H,74,95)(H,75,96)(H,77,92)(H,78,94)(H,79,97)(H,80,91)(H,81,93)(H2,73,76,84,98)/t40-,41+,49-,50-,51+,52-,53+,54-,55-,56?,57+,58+,59-,61-,69-/m1/s1. The van der Waals surface area contributed by atoms with Crippen LogP contribution in [0, 0.1) is 12.8 Å². The summed E-state index contributed by atoms with van der Waals surface area (Å²) in [4.78, 5) is 134. The van der Waals surface area contributed by atoms with E-state index in [9.17, 15) is 60.0 Å². The molecule has 5 aromatic carbocycles. The Bertz CT molecular complexity index is 4080. The summed E-state index contributed by atoms with van der Waals surface area (Å²) in [7, 11) is 1.47. The minimum atomic E-state index is -2.29. The topological polar surface area (TPSA) is 473 Å². The lowest BCUT2D eigenvalue weighted by Crippen LogP contribution is -2.60. The van der Waals surface area contributed by atoms with E-state index in [0.29, 0.717) is 6.42 Å². The number of hydrogen-bond donors (Lipinski definition) is 18. The lowest BCUT2D eigenvalue weighted by Gasteiger charge is -2.43. The maximum atomic E-state index is 16.2. The number of imide groups is 1. The second kappa shape index (κ2) is 31.7. The number of ether oxygens (including phenoxy) is 4. The van der Waals surface area contributed by atoms with Crippen molar-refractivity contribution in [1.82, 2.24) is 53.2 Å². The number of halogens is 1. The summed E-state index contributed by atoms with van der Waals surface area (Å²) in [6.07, 6.45) is -14.8. The predicted octanol–water partition coefficient (Wildman–Crippen LogP) is 2.23. The number of likely N-dealkylation sites (N-methyl/N-ethyl adjacent to an activating group) is 1. The highest BCUT2D eigenvalue weighted by Gasteiger charge is 2.51. The molecule has 0 saturated carbocycles. The number of phenolic OH excluding ortho intramolecular Hbond substituents is 2. The molecule has 1 fully saturated rings. The van der Waals surface area contributed by atoms with Crippen LogP contribution in [-0.2, 0) is 43.1 Å². The Hall–Kier alpha value is -9.70. The lowest BCUT2D eigenvalue weighted by molar-refractivity contribution is -0.290. The van der Waals surface area contributed by atoms with Crippen LogP contribution < -0.4 is 67.4 Å². The fourth-order valence-corrected chi connectivity index (χ4v) is 13.1. The van der Waals surface area contributed by atoms with Crippen molar-refractivity contribution >= 4 is 64.9 Å². The fraction of sp³-hybridized carbons (Fsp3) is 0.443. The SMILES string of the molecule is CCCCCCNC(=O)NC(=O)C[C@@H]1NC(=O)[C@H](NC(=O)[C@@H](CC(C)C)NC)[C@H](O)c2ccc3c(c2)C(O)[C@H]2O[C@@H](Oc4c5cc(cc4O3)[C@@H](NC1=O)C(=O)N[C@H]1C(=O)N[C@H](C(=O)N[C@H](C(=O)NC(C)C)c3cc(O)cc(C)c3-c3cc1ccc3O)[C@H](O)c1ccc(c(Cl)c1)O5)[C@H](O)[C@@H](O)[C@@H]2O. The smallest absolute Gasteiger partial charge is 0.321 e. The van der Waals surface area contributed by atoms with Crippen LogP contribution in [0.25, 0.3) is 11.1 Å². The van der Waals surface area contributed by atoms with Crippen molar-refractivity contribution in [3.05, 3.63) is 123 Å². The van der Waals surface area contributed by atoms with E-state index in [-0.39, 0.29) is 85.7 Å². The van der Waals surface area contributed by atoms with Gasteiger partial charge in [0, 0.05) is 23.7 Å². The number of nitrogens with one attached hydrogen (secondary N) is 10. The molecule has 102 heavy (non-hydrogen) atoms. The highest BCUT2D eigenvalue weighted by Crippen LogP contribution is 2.50. The molecule has 7 aliphatic rings. The van der Waals surface area contributed by atoms with Crippen LogP contribution in [0.5, 0.6) is 40.2 Å². The molecule has 7 heterocycles. The van der Waals surface area contributed by atoms with Crippen LogP contribution in [0.4, 0.5) is 4.79 Å². The first-order valence-electron chi connectivity index (χ1n) is 33.4. The molecule has 14 bridgehead atoms. The summed E-state index contributed by atoms with van der Waals surface area (Å²) < 4.78 is 25.7. The number of fused-ring (bicyclic) bond motifs is 16. The van der Waals surface area contributed by atoms with Gasteiger partial charge in [-0.15, -0.1) is 0 Å². The summed E-state index contributed by atoms with van der Waals surface area (Å²) in [5, 5.41) is 121. The van der Waals surface area contributed by atoms with Gasteiger partial charge in [-0.05, 0) is 146 Å². The van der Waals surface area contributed by atoms with Crippen molar-refractivity contribution in [2.45, 2.75) is 177 Å². The van der Waals surface area contributed by atoms with Gasteiger partial charge in [-0.3, -0.25) is 43.7 Å². The van der Waals surface area contributed by atoms with Gasteiger partial charge in [0.2, 0.25) is 59.3 Å². The molecule has 546 valence electrons. The van der Waals surface area contributed by atoms with E-state index in [0.717, 1.165) is 49.6 Å². The summed E-state index contributed by atoms with van der Waals surface area (Å²) in [6, 6.07) is 0.0909. The highest BCUT2D eigenvalue weighted by atomic mass is 35.5. The number of aryl methyl sites for hydroxylation is 1. The van der Waals surface area contributed by atoms with E-state index in [2.05, 4.69) is 53.2 Å². The Labute approximate surface area is 589 Å². The average Bonchev–Trinajstić information content (AvgIpc) is 0.762. The van der Waals surface area contributed by atoms with Crippen LogP contribution in [0.2, 0.25) is 5.02 Å². The Morgan fingerprint density at radius 1 is 0.637 bits per heavy atom. The fourth-order valence-electron chi connectivity index (χ4n) is 12.8. The van der Waals surface area contributed by atoms with E-state index in [1.165, 1.54) is 62.5 Å². The molecule has 12 rings (SSSR count). The molecule has 5 aromatic rings. The minimum absolute atomic E-state index is 0.0434. The first-order valence-corrected chi connectivity index (χ1v) is 33.7. The van der Waals surface area contributed by atoms with E-state index < -0.39 is 186 Å². The van der Waals surface area contributed by atoms with E-state index in [1.54, 1.807) is 13.8 Å². The molecule has 7 aliphatic heterocycles. The molecular formula is C70H83ClN10O21. The number of aliphatic hydroxyl groups excluding tert-OH is 6. The number of aliphatic hydroxyl groups is 6. The number of carbonyl (C=O) groups is 9. The number of urea groups is 1. The second-order valence-corrected chi connectivity index (χ2v) is 26.9. The third-order valence-electron chi connectivity index (χ3n) is 18.1. The van der Waals surface area contributed by atoms with Gasteiger partial charge in [0.25, 0.3) is 0 Å². The monoisotopic (exact) mass is 1430 g/mol. The third-order valence-corrected chi connectivity index (χ3v) is 18.4. The summed E-state index contributed by atoms with van der Waals surface area (Å²) in [6.45, 7) is 10.5. The van der Waals surface area contributed by atoms with Crippen LogP contribution in [0.3, 0.4) is 0 Å². The Morgan fingerprint density at radius 3 is 1.97 bits per heavy atom. The zero-order valence-corrected chi connectivity index (χ0v) is 57.3. The minimum Gasteiger partial charge on any atom is -0.508 e. The molecule has 0 aliphatic carbocycles. The quantitative estimate of drug-likeness (QED) is 0.0709. The van der Waals surface area contributed by atoms with Crippen molar-refractivity contribution in [2.75, 3.05) is 13.6 Å². The number of hydrogen-bond acceptors (Lipinski definition) is 22. The van der Waals surface area contributed by atoms with Gasteiger partial charge < -0.3 is 108 Å². The number of aromatic hydroxyl groups is 2. The molecule has 1 unspecified atom stereocenters. The maximum absolute atomic E-state index is 16.2. The molecule has 0 aromatic heterocycles. The molecule has 0 spiro atoms. The molecule has 10 amide bonds. The molecule has 15 atom stereocenters.